The van der Waals surface area contributed by atoms with Gasteiger partial charge in [-0.2, -0.15) is 0 Å². The fourth-order valence-corrected chi connectivity index (χ4v) is 2.32. The largest absolute Gasteiger partial charge is 0.397 e. The molecular weight excluding hydrogens is 264 g/mol. The number of amides is 1. The highest BCUT2D eigenvalue weighted by molar-refractivity contribution is 5.96. The van der Waals surface area contributed by atoms with Crippen LogP contribution < -0.4 is 16.0 Å². The zero-order valence-corrected chi connectivity index (χ0v) is 13.8. The molecule has 0 saturated carbocycles. The standard InChI is InChI=1S/C16H28N4O/c1-6-20(7-2)11-12(3)18-16(21)13-8-9-15(19(4)5)14(17)10-13/h8-10,12H,6-7,11,17H2,1-5H3,(H,18,21). The summed E-state index contributed by atoms with van der Waals surface area (Å²) in [6, 6.07) is 5.52. The van der Waals surface area contributed by atoms with E-state index >= 15 is 0 Å². The average molecular weight is 292 g/mol. The van der Waals surface area contributed by atoms with Crippen LogP contribution in [-0.4, -0.2) is 50.6 Å². The predicted octanol–water partition coefficient (Wildman–Crippen LogP) is 1.79. The Morgan fingerprint density at radius 2 is 1.90 bits per heavy atom. The number of carbonyl (C=O) groups is 1. The second-order valence-corrected chi connectivity index (χ2v) is 5.53. The van der Waals surface area contributed by atoms with Gasteiger partial charge in [0.1, 0.15) is 0 Å². The van der Waals surface area contributed by atoms with E-state index < -0.39 is 0 Å². The van der Waals surface area contributed by atoms with Crippen LogP contribution in [0.2, 0.25) is 0 Å². The molecule has 1 unspecified atom stereocenters. The second kappa shape index (κ2) is 7.88. The molecule has 1 aromatic carbocycles. The first-order valence-electron chi connectivity index (χ1n) is 7.49. The summed E-state index contributed by atoms with van der Waals surface area (Å²) in [7, 11) is 3.86. The van der Waals surface area contributed by atoms with Gasteiger partial charge in [-0.05, 0) is 38.2 Å². The van der Waals surface area contributed by atoms with E-state index in [9.17, 15) is 4.79 Å². The lowest BCUT2D eigenvalue weighted by molar-refractivity contribution is 0.0930. The van der Waals surface area contributed by atoms with Gasteiger partial charge in [-0.25, -0.2) is 0 Å². The Labute approximate surface area is 128 Å². The van der Waals surface area contributed by atoms with Gasteiger partial charge in [-0.1, -0.05) is 13.8 Å². The maximum Gasteiger partial charge on any atom is 0.251 e. The van der Waals surface area contributed by atoms with Crippen molar-refractivity contribution in [3.05, 3.63) is 23.8 Å². The smallest absolute Gasteiger partial charge is 0.251 e. The minimum atomic E-state index is -0.0772. The molecule has 1 aromatic rings. The van der Waals surface area contributed by atoms with Crippen LogP contribution in [0.5, 0.6) is 0 Å². The molecule has 0 heterocycles. The monoisotopic (exact) mass is 292 g/mol. The summed E-state index contributed by atoms with van der Waals surface area (Å²) in [6.07, 6.45) is 0. The lowest BCUT2D eigenvalue weighted by Gasteiger charge is -2.23. The Bertz CT molecular complexity index is 469. The van der Waals surface area contributed by atoms with E-state index in [1.54, 1.807) is 6.07 Å². The number of rotatable bonds is 7. The molecule has 118 valence electrons. The van der Waals surface area contributed by atoms with Gasteiger partial charge >= 0.3 is 0 Å². The van der Waals surface area contributed by atoms with Crippen LogP contribution in [0.1, 0.15) is 31.1 Å². The predicted molar refractivity (Wildman–Crippen MR) is 89.9 cm³/mol. The molecule has 0 aliphatic rings. The minimum absolute atomic E-state index is 0.0772. The van der Waals surface area contributed by atoms with E-state index in [4.69, 9.17) is 5.73 Å². The fraction of sp³-hybridized carbons (Fsp3) is 0.562. The number of carbonyl (C=O) groups excluding carboxylic acids is 1. The highest BCUT2D eigenvalue weighted by Gasteiger charge is 2.13. The molecule has 3 N–H and O–H groups in total. The SMILES string of the molecule is CCN(CC)CC(C)NC(=O)c1ccc(N(C)C)c(N)c1. The number of nitrogens with two attached hydrogens (primary N) is 1. The molecule has 5 heteroatoms. The highest BCUT2D eigenvalue weighted by Crippen LogP contribution is 2.22. The molecule has 0 spiro atoms. The molecule has 0 fully saturated rings. The summed E-state index contributed by atoms with van der Waals surface area (Å²) in [5.41, 5.74) is 8.12. The van der Waals surface area contributed by atoms with Crippen LogP contribution >= 0.6 is 0 Å². The third-order valence-corrected chi connectivity index (χ3v) is 3.58. The van der Waals surface area contributed by atoms with Gasteiger partial charge in [0.05, 0.1) is 11.4 Å². The van der Waals surface area contributed by atoms with E-state index in [0.29, 0.717) is 11.3 Å². The third-order valence-electron chi connectivity index (χ3n) is 3.58. The maximum absolute atomic E-state index is 12.2. The summed E-state index contributed by atoms with van der Waals surface area (Å²) < 4.78 is 0. The molecule has 0 aliphatic heterocycles. The number of benzene rings is 1. The first kappa shape index (κ1) is 17.3. The molecular formula is C16H28N4O. The normalized spacial score (nSPS) is 12.3. The van der Waals surface area contributed by atoms with Gasteiger partial charge in [0.15, 0.2) is 0 Å². The number of nitrogens with zero attached hydrogens (tertiary/aromatic N) is 2. The van der Waals surface area contributed by atoms with Crippen molar-refractivity contribution in [3.8, 4) is 0 Å². The summed E-state index contributed by atoms with van der Waals surface area (Å²) >= 11 is 0. The molecule has 5 nitrogen and oxygen atoms in total. The summed E-state index contributed by atoms with van der Waals surface area (Å²) in [6.45, 7) is 9.09. The van der Waals surface area contributed by atoms with Gasteiger partial charge in [-0.15, -0.1) is 0 Å². The average Bonchev–Trinajstić information content (AvgIpc) is 2.44. The topological polar surface area (TPSA) is 61.6 Å². The van der Waals surface area contributed by atoms with E-state index in [1.165, 1.54) is 0 Å². The van der Waals surface area contributed by atoms with Crippen LogP contribution in [0.3, 0.4) is 0 Å². The molecule has 0 radical (unpaired) electrons. The maximum atomic E-state index is 12.2. The lowest BCUT2D eigenvalue weighted by Crippen LogP contribution is -2.41. The molecule has 1 atom stereocenters. The zero-order chi connectivity index (χ0) is 16.0. The van der Waals surface area contributed by atoms with Crippen molar-refractivity contribution in [3.63, 3.8) is 0 Å². The molecule has 0 aromatic heterocycles. The van der Waals surface area contributed by atoms with E-state index in [0.717, 1.165) is 25.3 Å². The lowest BCUT2D eigenvalue weighted by atomic mass is 10.1. The molecule has 1 amide bonds. The second-order valence-electron chi connectivity index (χ2n) is 5.53. The molecule has 0 bridgehead atoms. The molecule has 0 saturated heterocycles. The van der Waals surface area contributed by atoms with Crippen LogP contribution in [0.15, 0.2) is 18.2 Å². The Morgan fingerprint density at radius 3 is 2.38 bits per heavy atom. The van der Waals surface area contributed by atoms with Crippen molar-refractivity contribution in [2.45, 2.75) is 26.8 Å². The number of anilines is 2. The van der Waals surface area contributed by atoms with Crippen molar-refractivity contribution in [2.24, 2.45) is 0 Å². The van der Waals surface area contributed by atoms with Gasteiger partial charge < -0.3 is 20.9 Å². The van der Waals surface area contributed by atoms with E-state index in [2.05, 4.69) is 24.1 Å². The fourth-order valence-electron chi connectivity index (χ4n) is 2.32. The van der Waals surface area contributed by atoms with Crippen LogP contribution in [-0.2, 0) is 0 Å². The summed E-state index contributed by atoms with van der Waals surface area (Å²) in [5.74, 6) is -0.0772. The number of nitrogens with one attached hydrogen (secondary N) is 1. The zero-order valence-electron chi connectivity index (χ0n) is 13.8. The third kappa shape index (κ3) is 4.93. The van der Waals surface area contributed by atoms with Crippen molar-refractivity contribution in [2.75, 3.05) is 44.4 Å². The number of hydrogen-bond acceptors (Lipinski definition) is 4. The van der Waals surface area contributed by atoms with Gasteiger partial charge in [0, 0.05) is 32.2 Å². The molecule has 1 rings (SSSR count). The number of hydrogen-bond donors (Lipinski definition) is 2. The van der Waals surface area contributed by atoms with Crippen molar-refractivity contribution in [1.29, 1.82) is 0 Å². The van der Waals surface area contributed by atoms with Gasteiger partial charge in [0.25, 0.3) is 5.91 Å². The van der Waals surface area contributed by atoms with Crippen molar-refractivity contribution in [1.82, 2.24) is 10.2 Å². The Kier molecular flexibility index (Phi) is 6.49. The highest BCUT2D eigenvalue weighted by atomic mass is 16.1. The number of nitrogen functional groups attached to an aromatic ring is 1. The van der Waals surface area contributed by atoms with Crippen LogP contribution in [0.25, 0.3) is 0 Å². The van der Waals surface area contributed by atoms with Crippen LogP contribution in [0, 0.1) is 0 Å². The quantitative estimate of drug-likeness (QED) is 0.752. The minimum Gasteiger partial charge on any atom is -0.397 e. The van der Waals surface area contributed by atoms with Crippen molar-refractivity contribution < 1.29 is 4.79 Å². The number of likely N-dealkylation sites (N-methyl/N-ethyl adjacent to an activating group) is 1. The van der Waals surface area contributed by atoms with E-state index in [1.807, 2.05) is 38.1 Å². The summed E-state index contributed by atoms with van der Waals surface area (Å²) in [5, 5.41) is 3.02. The Morgan fingerprint density at radius 1 is 1.29 bits per heavy atom. The first-order chi connectivity index (χ1) is 9.88. The molecule has 0 aliphatic carbocycles. The van der Waals surface area contributed by atoms with Gasteiger partial charge in [-0.3, -0.25) is 4.79 Å². The van der Waals surface area contributed by atoms with Crippen LogP contribution in [0.4, 0.5) is 11.4 Å². The Hall–Kier alpha value is -1.75. The molecule has 21 heavy (non-hydrogen) atoms. The Balaban J connectivity index is 2.69. The summed E-state index contributed by atoms with van der Waals surface area (Å²) in [4.78, 5) is 16.5. The van der Waals surface area contributed by atoms with E-state index in [-0.39, 0.29) is 11.9 Å². The van der Waals surface area contributed by atoms with Crippen molar-refractivity contribution >= 4 is 17.3 Å². The van der Waals surface area contributed by atoms with Gasteiger partial charge in [0.2, 0.25) is 0 Å². The first-order valence-corrected chi connectivity index (χ1v) is 7.49.